The van der Waals surface area contributed by atoms with Gasteiger partial charge < -0.3 is 5.32 Å². The first-order valence-electron chi connectivity index (χ1n) is 6.87. The summed E-state index contributed by atoms with van der Waals surface area (Å²) in [5.74, 6) is -5.06. The lowest BCUT2D eigenvalue weighted by molar-refractivity contribution is 0.147. The first-order valence-corrected chi connectivity index (χ1v) is 6.87. The smallest absolute Gasteiger partial charge is 0.166 e. The molecule has 0 aromatic heterocycles. The third-order valence-electron chi connectivity index (χ3n) is 4.06. The van der Waals surface area contributed by atoms with Crippen LogP contribution in [0.15, 0.2) is 6.07 Å². The fourth-order valence-electron chi connectivity index (χ4n) is 2.94. The molecule has 22 heavy (non-hydrogen) atoms. The Morgan fingerprint density at radius 3 is 1.91 bits per heavy atom. The van der Waals surface area contributed by atoms with Crippen molar-refractivity contribution in [3.05, 3.63) is 34.9 Å². The maximum atomic E-state index is 14.0. The summed E-state index contributed by atoms with van der Waals surface area (Å²) < 4.78 is 54.9. The SMILES string of the molecule is Cl.Cl.Fc1cc(F)c(F)c([C@@H](C2CC2)N2CCNCC2)c1F. The summed E-state index contributed by atoms with van der Waals surface area (Å²) in [5, 5.41) is 3.16. The summed E-state index contributed by atoms with van der Waals surface area (Å²) in [7, 11) is 0. The van der Waals surface area contributed by atoms with Gasteiger partial charge in [-0.25, -0.2) is 17.6 Å². The van der Waals surface area contributed by atoms with Crippen molar-refractivity contribution in [2.24, 2.45) is 5.92 Å². The molecule has 0 bridgehead atoms. The Hall–Kier alpha value is -0.560. The van der Waals surface area contributed by atoms with Crippen molar-refractivity contribution in [3.63, 3.8) is 0 Å². The Bertz CT molecular complexity index is 494. The molecule has 3 rings (SSSR count). The van der Waals surface area contributed by atoms with E-state index in [2.05, 4.69) is 5.32 Å². The van der Waals surface area contributed by atoms with Crippen LogP contribution >= 0.6 is 24.8 Å². The van der Waals surface area contributed by atoms with Crippen molar-refractivity contribution in [1.82, 2.24) is 10.2 Å². The molecule has 1 N–H and O–H groups in total. The van der Waals surface area contributed by atoms with E-state index in [-0.39, 0.29) is 36.8 Å². The van der Waals surface area contributed by atoms with Crippen molar-refractivity contribution in [2.45, 2.75) is 18.9 Å². The van der Waals surface area contributed by atoms with Gasteiger partial charge in [-0.05, 0) is 18.8 Å². The van der Waals surface area contributed by atoms with E-state index in [0.29, 0.717) is 26.2 Å². The standard InChI is InChI=1S/C14H16F4N2.2ClH/c15-9-7-10(16)13(18)11(12(9)17)14(8-1-2-8)20-5-3-19-4-6-20;;/h7-8,14,19H,1-6H2;2*1H/t14-;;/m1../s1. The van der Waals surface area contributed by atoms with Crippen molar-refractivity contribution in [2.75, 3.05) is 26.2 Å². The number of piperazine rings is 1. The average molecular weight is 361 g/mol. The first-order chi connectivity index (χ1) is 9.59. The second kappa shape index (κ2) is 7.81. The van der Waals surface area contributed by atoms with Gasteiger partial charge in [-0.2, -0.15) is 0 Å². The lowest BCUT2D eigenvalue weighted by atomic mass is 9.98. The highest BCUT2D eigenvalue weighted by Gasteiger charge is 2.41. The molecule has 1 aromatic rings. The Morgan fingerprint density at radius 2 is 1.45 bits per heavy atom. The Morgan fingerprint density at radius 1 is 0.955 bits per heavy atom. The van der Waals surface area contributed by atoms with Crippen molar-refractivity contribution in [3.8, 4) is 0 Å². The van der Waals surface area contributed by atoms with Crippen LogP contribution in [0.2, 0.25) is 0 Å². The Balaban J connectivity index is 0.00000121. The highest BCUT2D eigenvalue weighted by atomic mass is 35.5. The van der Waals surface area contributed by atoms with E-state index in [1.165, 1.54) is 0 Å². The molecule has 1 aromatic carbocycles. The molecule has 1 saturated carbocycles. The molecular formula is C14H18Cl2F4N2. The normalized spacial score (nSPS) is 20.0. The molecule has 0 amide bonds. The van der Waals surface area contributed by atoms with Crippen LogP contribution in [0.5, 0.6) is 0 Å². The molecule has 8 heteroatoms. The monoisotopic (exact) mass is 360 g/mol. The molecule has 1 aliphatic heterocycles. The molecule has 0 radical (unpaired) electrons. The number of nitrogens with one attached hydrogen (secondary N) is 1. The third-order valence-corrected chi connectivity index (χ3v) is 4.06. The van der Waals surface area contributed by atoms with Gasteiger partial charge in [-0.1, -0.05) is 0 Å². The van der Waals surface area contributed by atoms with Gasteiger partial charge in [0.1, 0.15) is 0 Å². The largest absolute Gasteiger partial charge is 0.314 e. The van der Waals surface area contributed by atoms with Crippen LogP contribution in [0.1, 0.15) is 24.4 Å². The second-order valence-corrected chi connectivity index (χ2v) is 5.45. The quantitative estimate of drug-likeness (QED) is 0.656. The van der Waals surface area contributed by atoms with Crippen LogP contribution in [-0.4, -0.2) is 31.1 Å². The predicted molar refractivity (Wildman–Crippen MR) is 80.7 cm³/mol. The molecule has 0 spiro atoms. The van der Waals surface area contributed by atoms with E-state index < -0.39 is 34.9 Å². The highest BCUT2D eigenvalue weighted by Crippen LogP contribution is 2.46. The van der Waals surface area contributed by atoms with Gasteiger partial charge in [0, 0.05) is 43.9 Å². The highest BCUT2D eigenvalue weighted by molar-refractivity contribution is 5.85. The fraction of sp³-hybridized carbons (Fsp3) is 0.571. The molecule has 2 fully saturated rings. The van der Waals surface area contributed by atoms with Gasteiger partial charge in [0.05, 0.1) is 0 Å². The van der Waals surface area contributed by atoms with Crippen molar-refractivity contribution in [1.29, 1.82) is 0 Å². The average Bonchev–Trinajstić information content (AvgIpc) is 3.27. The summed E-state index contributed by atoms with van der Waals surface area (Å²) in [6, 6.07) is -0.294. The Labute approximate surface area is 139 Å². The molecule has 0 unspecified atom stereocenters. The van der Waals surface area contributed by atoms with E-state index in [1.54, 1.807) is 0 Å². The molecule has 1 saturated heterocycles. The maximum Gasteiger partial charge on any atom is 0.166 e. The number of benzene rings is 1. The number of hydrogen-bond acceptors (Lipinski definition) is 2. The summed E-state index contributed by atoms with van der Waals surface area (Å²) >= 11 is 0. The van der Waals surface area contributed by atoms with Crippen LogP contribution in [0.3, 0.4) is 0 Å². The maximum absolute atomic E-state index is 14.0. The van der Waals surface area contributed by atoms with Gasteiger partial charge in [0.2, 0.25) is 0 Å². The topological polar surface area (TPSA) is 15.3 Å². The summed E-state index contributed by atoms with van der Waals surface area (Å²) in [4.78, 5) is 1.93. The minimum atomic E-state index is -1.32. The van der Waals surface area contributed by atoms with Gasteiger partial charge in [-0.3, -0.25) is 4.90 Å². The zero-order chi connectivity index (χ0) is 14.3. The number of hydrogen-bond donors (Lipinski definition) is 1. The van der Waals surface area contributed by atoms with E-state index in [1.807, 2.05) is 4.90 Å². The molecule has 2 aliphatic rings. The zero-order valence-corrected chi connectivity index (χ0v) is 13.4. The van der Waals surface area contributed by atoms with Crippen LogP contribution < -0.4 is 5.32 Å². The van der Waals surface area contributed by atoms with Crippen LogP contribution in [-0.2, 0) is 0 Å². The number of nitrogens with zero attached hydrogens (tertiary/aromatic N) is 1. The predicted octanol–water partition coefficient (Wildman–Crippen LogP) is 3.44. The summed E-state index contributed by atoms with van der Waals surface area (Å²) in [6.07, 6.45) is 1.68. The van der Waals surface area contributed by atoms with E-state index >= 15 is 0 Å². The summed E-state index contributed by atoms with van der Waals surface area (Å²) in [5.41, 5.74) is -0.438. The third kappa shape index (κ3) is 3.67. The fourth-order valence-corrected chi connectivity index (χ4v) is 2.94. The lowest BCUT2D eigenvalue weighted by Crippen LogP contribution is -2.46. The Kier molecular flexibility index (Phi) is 6.92. The van der Waals surface area contributed by atoms with Crippen LogP contribution in [0.4, 0.5) is 17.6 Å². The van der Waals surface area contributed by atoms with E-state index in [0.717, 1.165) is 12.8 Å². The first kappa shape index (κ1) is 19.5. The molecule has 1 aliphatic carbocycles. The zero-order valence-electron chi connectivity index (χ0n) is 11.8. The van der Waals surface area contributed by atoms with Crippen molar-refractivity contribution < 1.29 is 17.6 Å². The van der Waals surface area contributed by atoms with Gasteiger partial charge in [-0.15, -0.1) is 24.8 Å². The minimum absolute atomic E-state index is 0. The molecule has 1 atom stereocenters. The number of halogens is 6. The molecular weight excluding hydrogens is 343 g/mol. The summed E-state index contributed by atoms with van der Waals surface area (Å²) in [6.45, 7) is 2.67. The van der Waals surface area contributed by atoms with E-state index in [9.17, 15) is 17.6 Å². The minimum Gasteiger partial charge on any atom is -0.314 e. The van der Waals surface area contributed by atoms with Crippen LogP contribution in [0, 0.1) is 29.2 Å². The molecule has 2 nitrogen and oxygen atoms in total. The van der Waals surface area contributed by atoms with E-state index in [4.69, 9.17) is 0 Å². The molecule has 1 heterocycles. The lowest BCUT2D eigenvalue weighted by Gasteiger charge is -2.35. The van der Waals surface area contributed by atoms with Gasteiger partial charge >= 0.3 is 0 Å². The van der Waals surface area contributed by atoms with Crippen LogP contribution in [0.25, 0.3) is 0 Å². The molecule has 126 valence electrons. The second-order valence-electron chi connectivity index (χ2n) is 5.45. The number of rotatable bonds is 3. The van der Waals surface area contributed by atoms with Gasteiger partial charge in [0.15, 0.2) is 23.3 Å². The van der Waals surface area contributed by atoms with Gasteiger partial charge in [0.25, 0.3) is 0 Å². The van der Waals surface area contributed by atoms with Crippen molar-refractivity contribution >= 4 is 24.8 Å².